The topological polar surface area (TPSA) is 20.2 Å². The average Bonchev–Trinajstić information content (AvgIpc) is 2.30. The summed E-state index contributed by atoms with van der Waals surface area (Å²) in [5.41, 5.74) is 1.24. The highest BCUT2D eigenvalue weighted by atomic mass is 127. The first-order valence-corrected chi connectivity index (χ1v) is 8.27. The van der Waals surface area contributed by atoms with E-state index in [2.05, 4.69) is 34.7 Å². The highest BCUT2D eigenvalue weighted by Gasteiger charge is 2.49. The van der Waals surface area contributed by atoms with Crippen LogP contribution in [0.15, 0.2) is 18.2 Å². The van der Waals surface area contributed by atoms with Crippen LogP contribution in [0.2, 0.25) is 0 Å². The summed E-state index contributed by atoms with van der Waals surface area (Å²) in [5, 5.41) is 10.3. The Morgan fingerprint density at radius 3 is 2.11 bits per heavy atom. The Hall–Kier alpha value is -0.250. The summed E-state index contributed by atoms with van der Waals surface area (Å²) in [7, 11) is 0. The average molecular weight is 354 g/mol. The van der Waals surface area contributed by atoms with Crippen molar-refractivity contribution in [2.45, 2.75) is 38.0 Å². The molecule has 0 amide bonds. The molecule has 1 aromatic carbocycles. The molecule has 18 heavy (non-hydrogen) atoms. The molecule has 0 saturated heterocycles. The van der Waals surface area contributed by atoms with Crippen LogP contribution in [0.4, 0.5) is 0 Å². The number of aromatic hydroxyl groups is 1. The van der Waals surface area contributed by atoms with Crippen LogP contribution in [0, 0.1) is 27.2 Å². The van der Waals surface area contributed by atoms with E-state index >= 15 is 0 Å². The lowest BCUT2D eigenvalue weighted by atomic mass is 9.50. The van der Waals surface area contributed by atoms with Crippen molar-refractivity contribution >= 4 is 22.6 Å². The molecule has 0 spiro atoms. The van der Waals surface area contributed by atoms with E-state index in [9.17, 15) is 5.11 Å². The standard InChI is InChI=1S/C16H19IO/c17-13-1-2-14(15(18)8-13)16-11-4-9-3-10(6-11)7-12(16)5-9/h1-2,8-12,16,18H,3-7H2. The third kappa shape index (κ3) is 1.71. The van der Waals surface area contributed by atoms with E-state index < -0.39 is 0 Å². The molecule has 1 aromatic rings. The molecule has 96 valence electrons. The Labute approximate surface area is 122 Å². The van der Waals surface area contributed by atoms with Crippen LogP contribution in [0.1, 0.15) is 43.6 Å². The van der Waals surface area contributed by atoms with E-state index in [1.54, 1.807) is 0 Å². The van der Waals surface area contributed by atoms with Crippen molar-refractivity contribution < 1.29 is 5.11 Å². The molecule has 4 bridgehead atoms. The quantitative estimate of drug-likeness (QED) is 0.735. The minimum Gasteiger partial charge on any atom is -0.508 e. The predicted molar refractivity (Wildman–Crippen MR) is 80.6 cm³/mol. The van der Waals surface area contributed by atoms with Crippen LogP contribution in [0.5, 0.6) is 5.75 Å². The van der Waals surface area contributed by atoms with Crippen LogP contribution in [0.25, 0.3) is 0 Å². The minimum absolute atomic E-state index is 0.541. The molecule has 4 aliphatic carbocycles. The van der Waals surface area contributed by atoms with Crippen LogP contribution >= 0.6 is 22.6 Å². The summed E-state index contributed by atoms with van der Waals surface area (Å²) in [5.74, 6) is 4.91. The number of rotatable bonds is 1. The summed E-state index contributed by atoms with van der Waals surface area (Å²) in [6.45, 7) is 0. The largest absolute Gasteiger partial charge is 0.508 e. The van der Waals surface area contributed by atoms with Gasteiger partial charge in [0.15, 0.2) is 0 Å². The van der Waals surface area contributed by atoms with Gasteiger partial charge in [-0.3, -0.25) is 0 Å². The third-order valence-corrected chi connectivity index (χ3v) is 6.25. The Kier molecular flexibility index (Phi) is 2.65. The minimum atomic E-state index is 0.541. The first-order valence-electron chi connectivity index (χ1n) is 7.19. The van der Waals surface area contributed by atoms with Crippen LogP contribution in [-0.4, -0.2) is 5.11 Å². The first-order chi connectivity index (χ1) is 8.70. The molecule has 0 unspecified atom stereocenters. The molecule has 1 nitrogen and oxygen atoms in total. The number of halogens is 1. The number of benzene rings is 1. The monoisotopic (exact) mass is 354 g/mol. The normalized spacial score (nSPS) is 41.3. The molecule has 4 saturated carbocycles. The summed E-state index contributed by atoms with van der Waals surface area (Å²) < 4.78 is 1.14. The van der Waals surface area contributed by atoms with Gasteiger partial charge in [0, 0.05) is 3.57 Å². The molecule has 5 rings (SSSR count). The van der Waals surface area contributed by atoms with Gasteiger partial charge in [-0.2, -0.15) is 0 Å². The molecule has 2 heteroatoms. The van der Waals surface area contributed by atoms with Gasteiger partial charge in [-0.1, -0.05) is 6.07 Å². The zero-order chi connectivity index (χ0) is 12.3. The van der Waals surface area contributed by atoms with E-state index in [1.807, 2.05) is 6.07 Å². The molecular formula is C16H19IO. The van der Waals surface area contributed by atoms with E-state index in [1.165, 1.54) is 37.7 Å². The number of phenols is 1. The van der Waals surface area contributed by atoms with Crippen molar-refractivity contribution in [3.8, 4) is 5.75 Å². The highest BCUT2D eigenvalue weighted by Crippen LogP contribution is 2.60. The second kappa shape index (κ2) is 4.12. The SMILES string of the molecule is Oc1cc(I)ccc1C1C2CC3CC(C2)CC1C3. The molecule has 4 fully saturated rings. The van der Waals surface area contributed by atoms with Gasteiger partial charge in [-0.15, -0.1) is 0 Å². The lowest BCUT2D eigenvalue weighted by molar-refractivity contribution is -0.00347. The van der Waals surface area contributed by atoms with E-state index in [4.69, 9.17) is 0 Å². The lowest BCUT2D eigenvalue weighted by Gasteiger charge is -2.54. The van der Waals surface area contributed by atoms with Crippen molar-refractivity contribution in [2.24, 2.45) is 23.7 Å². The maximum Gasteiger partial charge on any atom is 0.120 e. The second-order valence-electron chi connectivity index (χ2n) is 6.66. The summed E-state index contributed by atoms with van der Waals surface area (Å²) in [4.78, 5) is 0. The fraction of sp³-hybridized carbons (Fsp3) is 0.625. The van der Waals surface area contributed by atoms with Crippen LogP contribution in [0.3, 0.4) is 0 Å². The van der Waals surface area contributed by atoms with Gasteiger partial charge in [-0.25, -0.2) is 0 Å². The van der Waals surface area contributed by atoms with Gasteiger partial charge < -0.3 is 5.11 Å². The molecule has 0 aliphatic heterocycles. The van der Waals surface area contributed by atoms with Crippen molar-refractivity contribution in [3.05, 3.63) is 27.3 Å². The fourth-order valence-corrected chi connectivity index (χ4v) is 5.71. The summed E-state index contributed by atoms with van der Waals surface area (Å²) in [6.07, 6.45) is 7.18. The van der Waals surface area contributed by atoms with Crippen molar-refractivity contribution in [2.75, 3.05) is 0 Å². The Balaban J connectivity index is 1.72. The zero-order valence-corrected chi connectivity index (χ0v) is 12.6. The van der Waals surface area contributed by atoms with E-state index in [0.29, 0.717) is 11.7 Å². The third-order valence-electron chi connectivity index (χ3n) is 5.58. The van der Waals surface area contributed by atoms with Crippen LogP contribution < -0.4 is 0 Å². The van der Waals surface area contributed by atoms with Crippen LogP contribution in [-0.2, 0) is 0 Å². The van der Waals surface area contributed by atoms with Gasteiger partial charge >= 0.3 is 0 Å². The van der Waals surface area contributed by atoms with Gasteiger partial charge in [0.1, 0.15) is 5.75 Å². The molecule has 0 atom stereocenters. The Morgan fingerprint density at radius 1 is 0.944 bits per heavy atom. The molecule has 1 N–H and O–H groups in total. The fourth-order valence-electron chi connectivity index (χ4n) is 5.23. The van der Waals surface area contributed by atoms with E-state index in [-0.39, 0.29) is 0 Å². The number of hydrogen-bond donors (Lipinski definition) is 1. The van der Waals surface area contributed by atoms with Gasteiger partial charge in [0.25, 0.3) is 0 Å². The maximum absolute atomic E-state index is 10.3. The van der Waals surface area contributed by atoms with Gasteiger partial charge in [-0.05, 0) is 102 Å². The molecule has 0 heterocycles. The molecule has 0 aromatic heterocycles. The van der Waals surface area contributed by atoms with Gasteiger partial charge in [0.2, 0.25) is 0 Å². The number of phenolic OH excluding ortho intramolecular Hbond substituents is 1. The predicted octanol–water partition coefficient (Wildman–Crippen LogP) is 4.54. The maximum atomic E-state index is 10.3. The summed E-state index contributed by atoms with van der Waals surface area (Å²) in [6, 6.07) is 6.27. The molecular weight excluding hydrogens is 335 g/mol. The van der Waals surface area contributed by atoms with Crippen molar-refractivity contribution in [1.82, 2.24) is 0 Å². The zero-order valence-electron chi connectivity index (χ0n) is 10.5. The van der Waals surface area contributed by atoms with Crippen molar-refractivity contribution in [1.29, 1.82) is 0 Å². The summed E-state index contributed by atoms with van der Waals surface area (Å²) >= 11 is 2.28. The number of hydrogen-bond acceptors (Lipinski definition) is 1. The molecule has 0 radical (unpaired) electrons. The molecule has 4 aliphatic rings. The van der Waals surface area contributed by atoms with Crippen molar-refractivity contribution in [3.63, 3.8) is 0 Å². The van der Waals surface area contributed by atoms with Gasteiger partial charge in [0.05, 0.1) is 0 Å². The highest BCUT2D eigenvalue weighted by molar-refractivity contribution is 14.1. The first kappa shape index (κ1) is 11.6. The second-order valence-corrected chi connectivity index (χ2v) is 7.91. The smallest absolute Gasteiger partial charge is 0.120 e. The lowest BCUT2D eigenvalue weighted by Crippen LogP contribution is -2.43. The van der Waals surface area contributed by atoms with E-state index in [0.717, 1.165) is 27.2 Å². The Morgan fingerprint density at radius 2 is 1.56 bits per heavy atom. The Bertz CT molecular complexity index is 454.